The van der Waals surface area contributed by atoms with Gasteiger partial charge < -0.3 is 10.1 Å². The highest BCUT2D eigenvalue weighted by molar-refractivity contribution is 5.33. The topological polar surface area (TPSA) is 24.5 Å². The first kappa shape index (κ1) is 15.1. The van der Waals surface area contributed by atoms with E-state index in [-0.39, 0.29) is 5.75 Å². The largest absolute Gasteiger partial charge is 0.573 e. The fourth-order valence-corrected chi connectivity index (χ4v) is 2.48. The zero-order valence-corrected chi connectivity index (χ0v) is 11.4. The third-order valence-electron chi connectivity index (χ3n) is 3.59. The van der Waals surface area contributed by atoms with Crippen molar-refractivity contribution in [2.75, 3.05) is 20.1 Å². The molecule has 0 amide bonds. The maximum atomic E-state index is 12.4. The minimum atomic E-state index is -4.64. The van der Waals surface area contributed by atoms with Gasteiger partial charge in [0, 0.05) is 18.2 Å². The summed E-state index contributed by atoms with van der Waals surface area (Å²) >= 11 is 0. The smallest absolute Gasteiger partial charge is 0.405 e. The summed E-state index contributed by atoms with van der Waals surface area (Å²) in [5, 5.41) is 3.23. The number of para-hydroxylation sites is 1. The van der Waals surface area contributed by atoms with Gasteiger partial charge in [-0.1, -0.05) is 18.2 Å². The molecule has 0 unspecified atom stereocenters. The van der Waals surface area contributed by atoms with Crippen LogP contribution in [0.5, 0.6) is 5.75 Å². The number of benzene rings is 1. The first-order chi connectivity index (χ1) is 9.48. The first-order valence-electron chi connectivity index (χ1n) is 6.71. The molecule has 0 spiro atoms. The molecule has 1 fully saturated rings. The van der Waals surface area contributed by atoms with E-state index in [0.29, 0.717) is 18.2 Å². The Bertz CT molecular complexity index is 429. The Labute approximate surface area is 116 Å². The fourth-order valence-electron chi connectivity index (χ4n) is 2.48. The number of nitrogens with one attached hydrogen (secondary N) is 1. The van der Waals surface area contributed by atoms with Gasteiger partial charge in [-0.05, 0) is 39.0 Å². The van der Waals surface area contributed by atoms with Gasteiger partial charge in [0.05, 0.1) is 0 Å². The molecule has 1 aliphatic rings. The van der Waals surface area contributed by atoms with E-state index in [2.05, 4.69) is 15.0 Å². The van der Waals surface area contributed by atoms with Crippen LogP contribution in [-0.2, 0) is 6.54 Å². The SMILES string of the molecule is CNC1CCN(Cc2ccccc2OC(F)(F)F)CC1. The van der Waals surface area contributed by atoms with E-state index in [0.717, 1.165) is 25.9 Å². The first-order valence-corrected chi connectivity index (χ1v) is 6.71. The van der Waals surface area contributed by atoms with Crippen LogP contribution in [-0.4, -0.2) is 37.4 Å². The van der Waals surface area contributed by atoms with Gasteiger partial charge in [0.2, 0.25) is 0 Å². The molecule has 1 aromatic rings. The van der Waals surface area contributed by atoms with Gasteiger partial charge in [-0.3, -0.25) is 4.90 Å². The van der Waals surface area contributed by atoms with Crippen LogP contribution in [0.15, 0.2) is 24.3 Å². The highest BCUT2D eigenvalue weighted by Crippen LogP contribution is 2.27. The average molecular weight is 288 g/mol. The molecule has 0 bridgehead atoms. The molecular formula is C14H19F3N2O. The van der Waals surface area contributed by atoms with Crippen molar-refractivity contribution in [1.29, 1.82) is 0 Å². The van der Waals surface area contributed by atoms with Crippen LogP contribution in [0.3, 0.4) is 0 Å². The number of hydrogen-bond donors (Lipinski definition) is 1. The monoisotopic (exact) mass is 288 g/mol. The molecule has 3 nitrogen and oxygen atoms in total. The predicted octanol–water partition coefficient (Wildman–Crippen LogP) is 2.77. The van der Waals surface area contributed by atoms with E-state index in [4.69, 9.17) is 0 Å². The predicted molar refractivity (Wildman–Crippen MR) is 70.5 cm³/mol. The van der Waals surface area contributed by atoms with Crippen molar-refractivity contribution in [3.05, 3.63) is 29.8 Å². The molecule has 1 aromatic carbocycles. The maximum Gasteiger partial charge on any atom is 0.573 e. The van der Waals surface area contributed by atoms with Crippen molar-refractivity contribution in [2.45, 2.75) is 31.8 Å². The molecule has 6 heteroatoms. The second-order valence-electron chi connectivity index (χ2n) is 4.99. The van der Waals surface area contributed by atoms with Crippen LogP contribution >= 0.6 is 0 Å². The number of rotatable bonds is 4. The Morgan fingerprint density at radius 1 is 1.25 bits per heavy atom. The minimum absolute atomic E-state index is 0.101. The summed E-state index contributed by atoms with van der Waals surface area (Å²) in [4.78, 5) is 2.16. The van der Waals surface area contributed by atoms with Gasteiger partial charge in [0.1, 0.15) is 5.75 Å². The summed E-state index contributed by atoms with van der Waals surface area (Å²) < 4.78 is 41.1. The number of hydrogen-bond acceptors (Lipinski definition) is 3. The molecule has 1 saturated heterocycles. The van der Waals surface area contributed by atoms with Crippen molar-refractivity contribution in [3.63, 3.8) is 0 Å². The lowest BCUT2D eigenvalue weighted by atomic mass is 10.0. The van der Waals surface area contributed by atoms with E-state index >= 15 is 0 Å². The molecule has 20 heavy (non-hydrogen) atoms. The number of ether oxygens (including phenoxy) is 1. The molecule has 0 radical (unpaired) electrons. The summed E-state index contributed by atoms with van der Waals surface area (Å²) in [5.74, 6) is -0.101. The summed E-state index contributed by atoms with van der Waals surface area (Å²) in [5.41, 5.74) is 0.577. The van der Waals surface area contributed by atoms with E-state index in [1.54, 1.807) is 18.2 Å². The van der Waals surface area contributed by atoms with E-state index < -0.39 is 6.36 Å². The standard InChI is InChI=1S/C14H19F3N2O/c1-18-12-6-8-19(9-7-12)10-11-4-2-3-5-13(11)20-14(15,16)17/h2-5,12,18H,6-10H2,1H3. The number of nitrogens with zero attached hydrogens (tertiary/aromatic N) is 1. The fraction of sp³-hybridized carbons (Fsp3) is 0.571. The summed E-state index contributed by atoms with van der Waals surface area (Å²) in [6.45, 7) is 2.25. The Morgan fingerprint density at radius 3 is 2.50 bits per heavy atom. The zero-order chi connectivity index (χ0) is 14.6. The third kappa shape index (κ3) is 4.38. The van der Waals surface area contributed by atoms with E-state index in [9.17, 15) is 13.2 Å². The second-order valence-corrected chi connectivity index (χ2v) is 4.99. The van der Waals surface area contributed by atoms with Crippen LogP contribution in [0.2, 0.25) is 0 Å². The lowest BCUT2D eigenvalue weighted by Gasteiger charge is -2.32. The number of alkyl halides is 3. The van der Waals surface area contributed by atoms with Crippen LogP contribution in [0, 0.1) is 0 Å². The lowest BCUT2D eigenvalue weighted by Crippen LogP contribution is -2.40. The molecule has 0 saturated carbocycles. The highest BCUT2D eigenvalue weighted by Gasteiger charge is 2.32. The third-order valence-corrected chi connectivity index (χ3v) is 3.59. The van der Waals surface area contributed by atoms with Gasteiger partial charge in [-0.25, -0.2) is 0 Å². The van der Waals surface area contributed by atoms with Crippen molar-refractivity contribution >= 4 is 0 Å². The lowest BCUT2D eigenvalue weighted by molar-refractivity contribution is -0.275. The molecule has 1 N–H and O–H groups in total. The molecule has 0 aliphatic carbocycles. The quantitative estimate of drug-likeness (QED) is 0.922. The minimum Gasteiger partial charge on any atom is -0.405 e. The number of halogens is 3. The van der Waals surface area contributed by atoms with Crippen molar-refractivity contribution in [1.82, 2.24) is 10.2 Å². The Hall–Kier alpha value is -1.27. The molecule has 0 aromatic heterocycles. The van der Waals surface area contributed by atoms with E-state index in [1.807, 2.05) is 7.05 Å². The highest BCUT2D eigenvalue weighted by atomic mass is 19.4. The number of piperidine rings is 1. The molecule has 112 valence electrons. The van der Waals surface area contributed by atoms with E-state index in [1.165, 1.54) is 6.07 Å². The van der Waals surface area contributed by atoms with Crippen LogP contribution in [0.4, 0.5) is 13.2 Å². The van der Waals surface area contributed by atoms with Gasteiger partial charge in [0.15, 0.2) is 0 Å². The Balaban J connectivity index is 1.99. The normalized spacial score (nSPS) is 18.2. The summed E-state index contributed by atoms with van der Waals surface area (Å²) in [7, 11) is 1.94. The van der Waals surface area contributed by atoms with Crippen LogP contribution in [0.25, 0.3) is 0 Å². The zero-order valence-electron chi connectivity index (χ0n) is 11.4. The average Bonchev–Trinajstić information content (AvgIpc) is 2.40. The van der Waals surface area contributed by atoms with Crippen LogP contribution in [0.1, 0.15) is 18.4 Å². The molecule has 2 rings (SSSR count). The van der Waals surface area contributed by atoms with Crippen LogP contribution < -0.4 is 10.1 Å². The number of likely N-dealkylation sites (tertiary alicyclic amines) is 1. The van der Waals surface area contributed by atoms with Gasteiger partial charge in [0.25, 0.3) is 0 Å². The molecule has 0 atom stereocenters. The maximum absolute atomic E-state index is 12.4. The van der Waals surface area contributed by atoms with Crippen molar-refractivity contribution in [3.8, 4) is 5.75 Å². The summed E-state index contributed by atoms with van der Waals surface area (Å²) in [6.07, 6.45) is -2.62. The summed E-state index contributed by atoms with van der Waals surface area (Å²) in [6, 6.07) is 6.85. The van der Waals surface area contributed by atoms with Gasteiger partial charge >= 0.3 is 6.36 Å². The molecule has 1 aliphatic heterocycles. The second kappa shape index (κ2) is 6.45. The molecular weight excluding hydrogens is 269 g/mol. The Morgan fingerprint density at radius 2 is 1.90 bits per heavy atom. The molecule has 1 heterocycles. The van der Waals surface area contributed by atoms with Crippen molar-refractivity contribution in [2.24, 2.45) is 0 Å². The van der Waals surface area contributed by atoms with Gasteiger partial charge in [-0.15, -0.1) is 13.2 Å². The van der Waals surface area contributed by atoms with Crippen molar-refractivity contribution < 1.29 is 17.9 Å². The Kier molecular flexibility index (Phi) is 4.88. The van der Waals surface area contributed by atoms with Gasteiger partial charge in [-0.2, -0.15) is 0 Å².